The topological polar surface area (TPSA) is 24.9 Å². The van der Waals surface area contributed by atoms with E-state index in [-0.39, 0.29) is 0 Å². The average molecular weight is 351 g/mol. The van der Waals surface area contributed by atoms with Gasteiger partial charge in [0.1, 0.15) is 9.90 Å². The molecule has 0 saturated heterocycles. The van der Waals surface area contributed by atoms with Crippen molar-refractivity contribution in [3.8, 4) is 11.3 Å². The molecule has 0 saturated carbocycles. The fraction of sp³-hybridized carbons (Fsp3) is 0.100. The van der Waals surface area contributed by atoms with Crippen LogP contribution >= 0.6 is 33.3 Å². The van der Waals surface area contributed by atoms with Crippen molar-refractivity contribution < 1.29 is 19.4 Å². The Morgan fingerprint density at radius 1 is 1.10 bits per heavy atom. The Hall–Kier alpha value is -0.900. The normalized spacial score (nSPS) is 15.7. The summed E-state index contributed by atoms with van der Waals surface area (Å²) in [6.45, 7) is 0.301. The van der Waals surface area contributed by atoms with Crippen LogP contribution in [0, 0.1) is 0 Å². The predicted molar refractivity (Wildman–Crippen MR) is 71.6 cm³/mol. The third kappa shape index (κ3) is 3.60. The molecule has 112 valence electrons. The van der Waals surface area contributed by atoms with Crippen molar-refractivity contribution in [3.63, 3.8) is 0 Å². The second kappa shape index (κ2) is 4.30. The van der Waals surface area contributed by atoms with Crippen molar-refractivity contribution in [2.24, 2.45) is 0 Å². The van der Waals surface area contributed by atoms with Crippen LogP contribution in [0.1, 0.15) is 5.01 Å². The summed E-state index contributed by atoms with van der Waals surface area (Å²) in [4.78, 5) is 4.56. The van der Waals surface area contributed by atoms with Crippen LogP contribution < -0.4 is 4.84 Å². The number of nitrogens with one attached hydrogen (secondary N) is 1. The van der Waals surface area contributed by atoms with Gasteiger partial charge in [-0.2, -0.15) is 0 Å². The molecule has 0 spiro atoms. The van der Waals surface area contributed by atoms with Gasteiger partial charge in [-0.05, 0) is 23.9 Å². The van der Waals surface area contributed by atoms with E-state index in [1.54, 1.807) is 5.38 Å². The van der Waals surface area contributed by atoms with Crippen molar-refractivity contribution in [2.45, 2.75) is 11.4 Å². The number of aromatic nitrogens is 1. The van der Waals surface area contributed by atoms with Gasteiger partial charge in [0.25, 0.3) is 0 Å². The Morgan fingerprint density at radius 3 is 2.20 bits per heavy atom. The van der Waals surface area contributed by atoms with Crippen LogP contribution in [0.3, 0.4) is 0 Å². The molecule has 10 heteroatoms. The van der Waals surface area contributed by atoms with E-state index >= 15 is 0 Å². The zero-order valence-electron chi connectivity index (χ0n) is 9.63. The quantitative estimate of drug-likeness (QED) is 0.564. The number of thiazole rings is 1. The molecule has 0 aliphatic heterocycles. The molecule has 1 heterocycles. The molecule has 0 unspecified atom stereocenters. The largest absolute Gasteiger partial charge is 0.310 e. The molecule has 0 radical (unpaired) electrons. The molecular formula is C10H8ClF5N2S2. The molecule has 1 N–H and O–H groups in total. The zero-order chi connectivity index (χ0) is 15.1. The molecule has 0 aliphatic rings. The highest BCUT2D eigenvalue weighted by molar-refractivity contribution is 8.45. The van der Waals surface area contributed by atoms with E-state index in [9.17, 15) is 19.4 Å². The molecule has 0 fully saturated rings. The Balaban J connectivity index is 2.33. The highest BCUT2D eigenvalue weighted by Gasteiger charge is 2.65. The third-order valence-electron chi connectivity index (χ3n) is 2.37. The van der Waals surface area contributed by atoms with Crippen molar-refractivity contribution >= 4 is 33.3 Å². The Labute approximate surface area is 120 Å². The fourth-order valence-corrected chi connectivity index (χ4v) is 3.06. The van der Waals surface area contributed by atoms with Gasteiger partial charge in [-0.1, -0.05) is 31.6 Å². The van der Waals surface area contributed by atoms with Gasteiger partial charge < -0.3 is 0 Å². The lowest BCUT2D eigenvalue weighted by atomic mass is 10.2. The first-order valence-electron chi connectivity index (χ1n) is 5.12. The van der Waals surface area contributed by atoms with Gasteiger partial charge in [-0.3, -0.25) is 0 Å². The first kappa shape index (κ1) is 15.5. The highest BCUT2D eigenvalue weighted by atomic mass is 35.5. The van der Waals surface area contributed by atoms with Gasteiger partial charge >= 0.3 is 10.2 Å². The SMILES string of the molecule is FS(F)(F)(F)(F)c1ccc(-c2csc(CNCl)n2)cc1. The summed E-state index contributed by atoms with van der Waals surface area (Å²) in [5.74, 6) is 0. The van der Waals surface area contributed by atoms with Crippen LogP contribution in [0.25, 0.3) is 11.3 Å². The number of hydrogen-bond donors (Lipinski definition) is 1. The van der Waals surface area contributed by atoms with E-state index in [1.165, 1.54) is 11.3 Å². The average Bonchev–Trinajstić information content (AvgIpc) is 2.75. The molecule has 1 aromatic carbocycles. The summed E-state index contributed by atoms with van der Waals surface area (Å²) in [5.41, 5.74) is 0.735. The first-order valence-corrected chi connectivity index (χ1v) is 8.33. The fourth-order valence-electron chi connectivity index (χ4n) is 1.46. The summed E-state index contributed by atoms with van der Waals surface area (Å²) < 4.78 is 62.7. The van der Waals surface area contributed by atoms with E-state index in [1.807, 2.05) is 0 Å². The Kier molecular flexibility index (Phi) is 3.33. The van der Waals surface area contributed by atoms with Crippen LogP contribution in [-0.4, -0.2) is 4.98 Å². The third-order valence-corrected chi connectivity index (χ3v) is 4.51. The molecule has 2 aromatic rings. The lowest BCUT2D eigenvalue weighted by Crippen LogP contribution is -2.05. The second-order valence-corrected chi connectivity index (χ2v) is 7.55. The lowest BCUT2D eigenvalue weighted by Gasteiger charge is -2.40. The molecule has 1 aromatic heterocycles. The van der Waals surface area contributed by atoms with Gasteiger partial charge in [0, 0.05) is 10.9 Å². The van der Waals surface area contributed by atoms with Gasteiger partial charge in [0.15, 0.2) is 0 Å². The molecule has 0 amide bonds. The maximum absolute atomic E-state index is 12.5. The van der Waals surface area contributed by atoms with Crippen molar-refractivity contribution in [1.82, 2.24) is 9.82 Å². The van der Waals surface area contributed by atoms with Crippen LogP contribution in [-0.2, 0) is 6.54 Å². The Morgan fingerprint density at radius 2 is 1.70 bits per heavy atom. The van der Waals surface area contributed by atoms with Crippen LogP contribution in [0.4, 0.5) is 19.4 Å². The van der Waals surface area contributed by atoms with E-state index < -0.39 is 15.1 Å². The molecule has 2 nitrogen and oxygen atoms in total. The van der Waals surface area contributed by atoms with Gasteiger partial charge in [-0.15, -0.1) is 11.3 Å². The first-order chi connectivity index (χ1) is 8.99. The lowest BCUT2D eigenvalue weighted by molar-refractivity contribution is 0.364. The van der Waals surface area contributed by atoms with E-state index in [0.717, 1.165) is 12.1 Å². The maximum Gasteiger partial charge on any atom is 0.310 e. The van der Waals surface area contributed by atoms with Gasteiger partial charge in [0.2, 0.25) is 0 Å². The molecule has 0 aliphatic carbocycles. The monoisotopic (exact) mass is 350 g/mol. The predicted octanol–water partition coefficient (Wildman–Crippen LogP) is 5.71. The standard InChI is InChI=1S/C10H8ClF5N2S2/c11-17-5-10-18-9(6-19-10)7-1-3-8(4-2-7)20(12,13,14,15)16/h1-4,6,17H,5H2. The maximum atomic E-state index is 12.5. The van der Waals surface area contributed by atoms with Gasteiger partial charge in [-0.25, -0.2) is 9.82 Å². The van der Waals surface area contributed by atoms with E-state index in [4.69, 9.17) is 11.8 Å². The minimum absolute atomic E-state index is 0.301. The van der Waals surface area contributed by atoms with Crippen LogP contribution in [0.5, 0.6) is 0 Å². The summed E-state index contributed by atoms with van der Waals surface area (Å²) in [6, 6.07) is 2.69. The highest BCUT2D eigenvalue weighted by Crippen LogP contribution is 3.02. The van der Waals surface area contributed by atoms with Gasteiger partial charge in [0.05, 0.1) is 12.2 Å². The minimum atomic E-state index is -9.61. The number of halogens is 6. The summed E-state index contributed by atoms with van der Waals surface area (Å²) >= 11 is 6.56. The summed E-state index contributed by atoms with van der Waals surface area (Å²) in [5, 5.41) is 2.24. The molecule has 0 bridgehead atoms. The molecule has 2 rings (SSSR count). The molecular weight excluding hydrogens is 343 g/mol. The van der Waals surface area contributed by atoms with Crippen molar-refractivity contribution in [3.05, 3.63) is 34.7 Å². The molecule has 20 heavy (non-hydrogen) atoms. The summed E-state index contributed by atoms with van der Waals surface area (Å²) in [6.07, 6.45) is 0. The Bertz CT molecular complexity index is 623. The van der Waals surface area contributed by atoms with Crippen molar-refractivity contribution in [2.75, 3.05) is 0 Å². The number of rotatable bonds is 4. The zero-order valence-corrected chi connectivity index (χ0v) is 12.0. The van der Waals surface area contributed by atoms with E-state index in [0.29, 0.717) is 34.9 Å². The number of nitrogens with zero attached hydrogens (tertiary/aromatic N) is 1. The van der Waals surface area contributed by atoms with Crippen LogP contribution in [0.2, 0.25) is 0 Å². The minimum Gasteiger partial charge on any atom is -0.240 e. The molecule has 0 atom stereocenters. The number of benzene rings is 1. The van der Waals surface area contributed by atoms with E-state index in [2.05, 4.69) is 9.82 Å². The van der Waals surface area contributed by atoms with Crippen molar-refractivity contribution in [1.29, 1.82) is 0 Å². The summed E-state index contributed by atoms with van der Waals surface area (Å²) in [7, 11) is -9.61. The van der Waals surface area contributed by atoms with Crippen LogP contribution in [0.15, 0.2) is 34.5 Å². The smallest absolute Gasteiger partial charge is 0.240 e. The second-order valence-electron chi connectivity index (χ2n) is 3.93. The number of hydrogen-bond acceptors (Lipinski definition) is 3.